The van der Waals surface area contributed by atoms with Gasteiger partial charge >= 0.3 is 0 Å². The van der Waals surface area contributed by atoms with Crippen LogP contribution in [0.25, 0.3) is 0 Å². The number of hydrogen-bond donors (Lipinski definition) is 1. The average Bonchev–Trinajstić information content (AvgIpc) is 2.28. The Morgan fingerprint density at radius 2 is 1.82 bits per heavy atom. The molecule has 0 saturated carbocycles. The summed E-state index contributed by atoms with van der Waals surface area (Å²) in [4.78, 5) is 14.0. The predicted molar refractivity (Wildman–Crippen MR) is 74.3 cm³/mol. The third-order valence-electron chi connectivity index (χ3n) is 4.14. The van der Waals surface area contributed by atoms with Crippen molar-refractivity contribution in [1.29, 1.82) is 0 Å². The van der Waals surface area contributed by atoms with Crippen LogP contribution in [0.15, 0.2) is 0 Å². The number of likely N-dealkylation sites (tertiary alicyclic amines) is 1. The normalized spacial score (nSPS) is 20.9. The molecule has 102 valence electrons. The van der Waals surface area contributed by atoms with Crippen LogP contribution in [0, 0.1) is 11.3 Å². The van der Waals surface area contributed by atoms with Gasteiger partial charge in [-0.1, -0.05) is 34.1 Å². The molecule has 0 aromatic rings. The van der Waals surface area contributed by atoms with E-state index in [0.717, 1.165) is 25.9 Å². The van der Waals surface area contributed by atoms with Gasteiger partial charge in [-0.05, 0) is 24.2 Å². The summed E-state index contributed by atoms with van der Waals surface area (Å²) in [5, 5.41) is 0. The van der Waals surface area contributed by atoms with Gasteiger partial charge in [-0.25, -0.2) is 0 Å². The zero-order valence-corrected chi connectivity index (χ0v) is 12.3. The van der Waals surface area contributed by atoms with E-state index < -0.39 is 0 Å². The molecule has 0 spiro atoms. The highest BCUT2D eigenvalue weighted by atomic mass is 35.5. The zero-order valence-electron chi connectivity index (χ0n) is 11.5. The fourth-order valence-corrected chi connectivity index (χ4v) is 2.12. The Bertz CT molecular complexity index is 248. The van der Waals surface area contributed by atoms with E-state index in [4.69, 9.17) is 5.73 Å². The molecule has 1 heterocycles. The molecule has 1 atom stereocenters. The van der Waals surface area contributed by atoms with E-state index in [1.54, 1.807) is 0 Å². The van der Waals surface area contributed by atoms with Crippen molar-refractivity contribution >= 4 is 18.3 Å². The minimum Gasteiger partial charge on any atom is -0.341 e. The lowest BCUT2D eigenvalue weighted by molar-refractivity contribution is -0.135. The minimum absolute atomic E-state index is 0. The molecule has 4 heteroatoms. The maximum absolute atomic E-state index is 12.0. The summed E-state index contributed by atoms with van der Waals surface area (Å²) in [5.41, 5.74) is 6.33. The lowest BCUT2D eigenvalue weighted by Crippen LogP contribution is -2.50. The van der Waals surface area contributed by atoms with Gasteiger partial charge in [0.25, 0.3) is 0 Å². The molecule has 1 amide bonds. The molecule has 0 unspecified atom stereocenters. The first-order valence-corrected chi connectivity index (χ1v) is 6.44. The van der Waals surface area contributed by atoms with Crippen LogP contribution in [0.5, 0.6) is 0 Å². The topological polar surface area (TPSA) is 46.3 Å². The lowest BCUT2D eigenvalue weighted by Gasteiger charge is -2.40. The third-order valence-corrected chi connectivity index (χ3v) is 4.14. The number of rotatable bonds is 3. The van der Waals surface area contributed by atoms with Crippen molar-refractivity contribution < 1.29 is 4.79 Å². The molecule has 1 fully saturated rings. The molecule has 1 saturated heterocycles. The van der Waals surface area contributed by atoms with Crippen LogP contribution in [0.1, 0.15) is 47.0 Å². The average molecular weight is 263 g/mol. The van der Waals surface area contributed by atoms with Crippen LogP contribution in [-0.4, -0.2) is 29.9 Å². The largest absolute Gasteiger partial charge is 0.341 e. The molecule has 1 aliphatic heterocycles. The monoisotopic (exact) mass is 262 g/mol. The SMILES string of the molecule is CCC1(C)CCN(C(=O)[C@@H](N)C(C)C)CC1.Cl. The lowest BCUT2D eigenvalue weighted by atomic mass is 9.78. The van der Waals surface area contributed by atoms with Crippen LogP contribution < -0.4 is 5.73 Å². The summed E-state index contributed by atoms with van der Waals surface area (Å²) < 4.78 is 0. The molecule has 0 aromatic heterocycles. The number of hydrogen-bond acceptors (Lipinski definition) is 2. The van der Waals surface area contributed by atoms with Crippen LogP contribution in [-0.2, 0) is 4.79 Å². The van der Waals surface area contributed by atoms with Gasteiger partial charge < -0.3 is 10.6 Å². The van der Waals surface area contributed by atoms with Crippen molar-refractivity contribution in [2.24, 2.45) is 17.1 Å². The molecule has 0 radical (unpaired) electrons. The van der Waals surface area contributed by atoms with Gasteiger partial charge in [0.1, 0.15) is 0 Å². The van der Waals surface area contributed by atoms with Crippen LogP contribution in [0.2, 0.25) is 0 Å². The molecule has 1 aliphatic rings. The Hall–Kier alpha value is -0.280. The first-order chi connectivity index (χ1) is 7.39. The Morgan fingerprint density at radius 3 is 2.18 bits per heavy atom. The second kappa shape index (κ2) is 6.60. The van der Waals surface area contributed by atoms with E-state index in [0.29, 0.717) is 5.41 Å². The highest BCUT2D eigenvalue weighted by Gasteiger charge is 2.32. The van der Waals surface area contributed by atoms with Gasteiger partial charge in [0, 0.05) is 13.1 Å². The number of nitrogens with zero attached hydrogens (tertiary/aromatic N) is 1. The summed E-state index contributed by atoms with van der Waals surface area (Å²) in [5.74, 6) is 0.361. The minimum atomic E-state index is -0.328. The molecule has 2 N–H and O–H groups in total. The number of halogens is 1. The highest BCUT2D eigenvalue weighted by Crippen LogP contribution is 2.34. The second-order valence-corrected chi connectivity index (χ2v) is 5.76. The summed E-state index contributed by atoms with van der Waals surface area (Å²) in [7, 11) is 0. The Labute approximate surface area is 112 Å². The molecule has 1 rings (SSSR count). The fourth-order valence-electron chi connectivity index (χ4n) is 2.12. The van der Waals surface area contributed by atoms with E-state index in [1.807, 2.05) is 18.7 Å². The van der Waals surface area contributed by atoms with E-state index in [2.05, 4.69) is 13.8 Å². The fraction of sp³-hybridized carbons (Fsp3) is 0.923. The van der Waals surface area contributed by atoms with E-state index in [9.17, 15) is 4.79 Å². The smallest absolute Gasteiger partial charge is 0.239 e. The maximum atomic E-state index is 12.0. The number of nitrogens with two attached hydrogens (primary N) is 1. The first kappa shape index (κ1) is 16.7. The van der Waals surface area contributed by atoms with Crippen molar-refractivity contribution in [2.45, 2.75) is 53.0 Å². The van der Waals surface area contributed by atoms with Crippen molar-refractivity contribution in [3.8, 4) is 0 Å². The zero-order chi connectivity index (χ0) is 12.3. The third kappa shape index (κ3) is 4.14. The number of piperidine rings is 1. The molecule has 0 bridgehead atoms. The van der Waals surface area contributed by atoms with Gasteiger partial charge in [-0.3, -0.25) is 4.79 Å². The number of carbonyl (C=O) groups excluding carboxylic acids is 1. The van der Waals surface area contributed by atoms with Gasteiger partial charge in [-0.15, -0.1) is 12.4 Å². The summed E-state index contributed by atoms with van der Waals surface area (Å²) in [6, 6.07) is -0.328. The number of amides is 1. The second-order valence-electron chi connectivity index (χ2n) is 5.76. The van der Waals surface area contributed by atoms with Gasteiger partial charge in [0.15, 0.2) is 0 Å². The van der Waals surface area contributed by atoms with E-state index in [-0.39, 0.29) is 30.3 Å². The highest BCUT2D eigenvalue weighted by molar-refractivity contribution is 5.85. The van der Waals surface area contributed by atoms with Crippen molar-refractivity contribution in [3.63, 3.8) is 0 Å². The van der Waals surface area contributed by atoms with E-state index >= 15 is 0 Å². The standard InChI is InChI=1S/C13H26N2O.ClH/c1-5-13(4)6-8-15(9-7-13)12(16)11(14)10(2)3;/h10-11H,5-9,14H2,1-4H3;1H/t11-;/m0./s1. The van der Waals surface area contributed by atoms with Gasteiger partial charge in [-0.2, -0.15) is 0 Å². The van der Waals surface area contributed by atoms with Gasteiger partial charge in [0.05, 0.1) is 6.04 Å². The van der Waals surface area contributed by atoms with E-state index in [1.165, 1.54) is 6.42 Å². The molecular formula is C13H27ClN2O. The molecule has 0 aliphatic carbocycles. The van der Waals surface area contributed by atoms with Crippen LogP contribution in [0.4, 0.5) is 0 Å². The predicted octanol–water partition coefficient (Wildman–Crippen LogP) is 2.43. The summed E-state index contributed by atoms with van der Waals surface area (Å²) in [6.07, 6.45) is 3.42. The quantitative estimate of drug-likeness (QED) is 0.849. The maximum Gasteiger partial charge on any atom is 0.239 e. The number of carbonyl (C=O) groups is 1. The summed E-state index contributed by atoms with van der Waals surface area (Å²) >= 11 is 0. The Kier molecular flexibility index (Phi) is 6.49. The van der Waals surface area contributed by atoms with Crippen LogP contribution >= 0.6 is 12.4 Å². The Balaban J connectivity index is 0.00000256. The van der Waals surface area contributed by atoms with Crippen LogP contribution in [0.3, 0.4) is 0 Å². The molecular weight excluding hydrogens is 236 g/mol. The first-order valence-electron chi connectivity index (χ1n) is 6.44. The molecule has 0 aromatic carbocycles. The van der Waals surface area contributed by atoms with Crippen molar-refractivity contribution in [1.82, 2.24) is 4.90 Å². The molecule has 17 heavy (non-hydrogen) atoms. The summed E-state index contributed by atoms with van der Waals surface area (Å²) in [6.45, 7) is 10.3. The molecule has 3 nitrogen and oxygen atoms in total. The van der Waals surface area contributed by atoms with Gasteiger partial charge in [0.2, 0.25) is 5.91 Å². The van der Waals surface area contributed by atoms with Crippen molar-refractivity contribution in [3.05, 3.63) is 0 Å². The van der Waals surface area contributed by atoms with Crippen molar-refractivity contribution in [2.75, 3.05) is 13.1 Å². The Morgan fingerprint density at radius 1 is 1.35 bits per heavy atom.